The fourth-order valence-corrected chi connectivity index (χ4v) is 2.32. The van der Waals surface area contributed by atoms with E-state index in [0.29, 0.717) is 10.8 Å². The van der Waals surface area contributed by atoms with Crippen molar-refractivity contribution in [1.82, 2.24) is 0 Å². The van der Waals surface area contributed by atoms with Crippen LogP contribution in [0.1, 0.15) is 25.0 Å². The van der Waals surface area contributed by atoms with Gasteiger partial charge in [0.1, 0.15) is 22.6 Å². The topological polar surface area (TPSA) is 18.5 Å². The van der Waals surface area contributed by atoms with Crippen molar-refractivity contribution in [3.05, 3.63) is 32.8 Å². The number of hydrogen-bond donors (Lipinski definition) is 0. The average molecular weight is 324 g/mol. The van der Waals surface area contributed by atoms with E-state index in [1.165, 1.54) is 0 Å². The summed E-state index contributed by atoms with van der Waals surface area (Å²) in [5, 5.41) is 0.579. The third-order valence-electron chi connectivity index (χ3n) is 2.77. The second-order valence-electron chi connectivity index (χ2n) is 3.87. The van der Waals surface area contributed by atoms with E-state index in [1.807, 2.05) is 13.0 Å². The van der Waals surface area contributed by atoms with Crippen LogP contribution in [0.25, 0.3) is 0 Å². The van der Waals surface area contributed by atoms with Crippen LogP contribution < -0.4 is 9.47 Å². The lowest BCUT2D eigenvalue weighted by atomic mass is 10.0. The molecule has 0 saturated heterocycles. The van der Waals surface area contributed by atoms with Gasteiger partial charge in [-0.2, -0.15) is 0 Å². The van der Waals surface area contributed by atoms with Crippen molar-refractivity contribution in [3.8, 4) is 11.5 Å². The summed E-state index contributed by atoms with van der Waals surface area (Å²) in [6, 6.07) is 1.90. The summed E-state index contributed by atoms with van der Waals surface area (Å²) < 4.78 is 11.2. The van der Waals surface area contributed by atoms with Crippen molar-refractivity contribution < 1.29 is 9.47 Å². The van der Waals surface area contributed by atoms with Gasteiger partial charge in [-0.1, -0.05) is 48.7 Å². The predicted octanol–water partition coefficient (Wildman–Crippen LogP) is 5.17. The molecule has 2 nitrogen and oxygen atoms in total. The van der Waals surface area contributed by atoms with Crippen LogP contribution in [0.5, 0.6) is 11.5 Å². The van der Waals surface area contributed by atoms with Crippen LogP contribution in [-0.2, 0) is 12.8 Å². The quantitative estimate of drug-likeness (QED) is 0.719. The van der Waals surface area contributed by atoms with Gasteiger partial charge >= 0.3 is 0 Å². The van der Waals surface area contributed by atoms with Gasteiger partial charge in [0, 0.05) is 5.56 Å². The molecule has 1 aromatic carbocycles. The molecule has 106 valence electrons. The van der Waals surface area contributed by atoms with E-state index in [9.17, 15) is 0 Å². The maximum absolute atomic E-state index is 6.35. The minimum Gasteiger partial charge on any atom is -0.496 e. The first-order valence-corrected chi connectivity index (χ1v) is 7.20. The summed E-state index contributed by atoms with van der Waals surface area (Å²) >= 11 is 17.4. The van der Waals surface area contributed by atoms with E-state index < -0.39 is 0 Å². The van der Waals surface area contributed by atoms with Crippen molar-refractivity contribution in [2.45, 2.75) is 26.7 Å². The highest BCUT2D eigenvalue weighted by Crippen LogP contribution is 2.38. The second-order valence-corrected chi connectivity index (χ2v) is 5.26. The lowest BCUT2D eigenvalue weighted by Gasteiger charge is -2.17. The molecule has 0 unspecified atom stereocenters. The van der Waals surface area contributed by atoms with E-state index in [4.69, 9.17) is 44.3 Å². The molecule has 0 aliphatic rings. The summed E-state index contributed by atoms with van der Waals surface area (Å²) in [6.07, 6.45) is 3.19. The number of ether oxygens (including phenoxy) is 2. The summed E-state index contributed by atoms with van der Waals surface area (Å²) in [5.74, 6) is 1.47. The fraction of sp³-hybridized carbons (Fsp3) is 0.429. The molecule has 0 spiro atoms. The molecule has 1 rings (SSSR count). The highest BCUT2D eigenvalue weighted by atomic mass is 35.5. The summed E-state index contributed by atoms with van der Waals surface area (Å²) in [4.78, 5) is 0. The third kappa shape index (κ3) is 4.20. The van der Waals surface area contributed by atoms with Crippen LogP contribution in [0, 0.1) is 0 Å². The molecule has 0 aliphatic carbocycles. The van der Waals surface area contributed by atoms with Crippen LogP contribution in [-0.4, -0.2) is 13.7 Å². The first-order valence-electron chi connectivity index (χ1n) is 6.07. The normalized spacial score (nSPS) is 10.2. The summed E-state index contributed by atoms with van der Waals surface area (Å²) in [6.45, 7) is 4.37. The minimum absolute atomic E-state index is 0.177. The van der Waals surface area contributed by atoms with Crippen LogP contribution in [0.2, 0.25) is 5.02 Å². The Kier molecular flexibility index (Phi) is 6.84. The van der Waals surface area contributed by atoms with Gasteiger partial charge in [0.2, 0.25) is 0 Å². The Balaban J connectivity index is 3.15. The molecule has 0 aromatic heterocycles. The Labute approximate surface area is 129 Å². The van der Waals surface area contributed by atoms with Gasteiger partial charge in [-0.3, -0.25) is 0 Å². The maximum atomic E-state index is 6.35. The monoisotopic (exact) mass is 322 g/mol. The van der Waals surface area contributed by atoms with Crippen molar-refractivity contribution in [2.75, 3.05) is 13.7 Å². The SMILES string of the molecule is CCc1cc(OCC=C(Cl)Cl)c(Cl)c(CC)c1OC. The van der Waals surface area contributed by atoms with Gasteiger partial charge in [0.25, 0.3) is 0 Å². The first kappa shape index (κ1) is 16.5. The van der Waals surface area contributed by atoms with Gasteiger partial charge < -0.3 is 9.47 Å². The fourth-order valence-electron chi connectivity index (χ4n) is 1.86. The molecule has 0 radical (unpaired) electrons. The van der Waals surface area contributed by atoms with Gasteiger partial charge in [-0.15, -0.1) is 0 Å². The van der Waals surface area contributed by atoms with E-state index in [0.717, 1.165) is 29.7 Å². The summed E-state index contributed by atoms with van der Waals surface area (Å²) in [5.41, 5.74) is 2.03. The van der Waals surface area contributed by atoms with E-state index in [-0.39, 0.29) is 11.1 Å². The standard InChI is InChI=1S/C14H17Cl3O2/c1-4-9-8-11(19-7-6-12(15)16)13(17)10(5-2)14(9)18-3/h6,8H,4-5,7H2,1-3H3. The first-order chi connectivity index (χ1) is 9.04. The van der Waals surface area contributed by atoms with Crippen LogP contribution in [0.3, 0.4) is 0 Å². The number of aryl methyl sites for hydroxylation is 1. The molecular formula is C14H17Cl3O2. The Morgan fingerprint density at radius 2 is 1.95 bits per heavy atom. The highest BCUT2D eigenvalue weighted by molar-refractivity contribution is 6.55. The molecule has 0 heterocycles. The molecule has 0 aliphatic heterocycles. The predicted molar refractivity (Wildman–Crippen MR) is 82.0 cm³/mol. The number of rotatable bonds is 6. The molecule has 0 atom stereocenters. The van der Waals surface area contributed by atoms with Crippen molar-refractivity contribution in [3.63, 3.8) is 0 Å². The van der Waals surface area contributed by atoms with Crippen LogP contribution in [0.15, 0.2) is 16.6 Å². The van der Waals surface area contributed by atoms with Gasteiger partial charge in [-0.25, -0.2) is 0 Å². The summed E-state index contributed by atoms with van der Waals surface area (Å²) in [7, 11) is 1.65. The zero-order valence-corrected chi connectivity index (χ0v) is 13.5. The Morgan fingerprint density at radius 1 is 1.26 bits per heavy atom. The molecule has 0 saturated carbocycles. The van der Waals surface area contributed by atoms with Crippen LogP contribution in [0.4, 0.5) is 0 Å². The molecule has 1 aromatic rings. The molecule has 0 bridgehead atoms. The molecule has 0 amide bonds. The van der Waals surface area contributed by atoms with E-state index in [2.05, 4.69) is 6.92 Å². The van der Waals surface area contributed by atoms with Gasteiger partial charge in [0.05, 0.1) is 12.1 Å². The number of halogens is 3. The Morgan fingerprint density at radius 3 is 2.42 bits per heavy atom. The Hall–Kier alpha value is -0.570. The van der Waals surface area contributed by atoms with Gasteiger partial charge in [-0.05, 0) is 30.5 Å². The Bertz CT molecular complexity index is 466. The minimum atomic E-state index is 0.177. The zero-order chi connectivity index (χ0) is 14.4. The highest BCUT2D eigenvalue weighted by Gasteiger charge is 2.16. The second kappa shape index (κ2) is 7.88. The smallest absolute Gasteiger partial charge is 0.139 e. The zero-order valence-electron chi connectivity index (χ0n) is 11.2. The largest absolute Gasteiger partial charge is 0.496 e. The lowest BCUT2D eigenvalue weighted by molar-refractivity contribution is 0.359. The third-order valence-corrected chi connectivity index (χ3v) is 3.49. The van der Waals surface area contributed by atoms with Crippen LogP contribution >= 0.6 is 34.8 Å². The maximum Gasteiger partial charge on any atom is 0.139 e. The average Bonchev–Trinajstić information content (AvgIpc) is 2.39. The van der Waals surface area contributed by atoms with Crippen molar-refractivity contribution in [2.24, 2.45) is 0 Å². The number of benzene rings is 1. The number of methoxy groups -OCH3 is 1. The molecule has 0 N–H and O–H groups in total. The lowest BCUT2D eigenvalue weighted by Crippen LogP contribution is -2.02. The molecule has 19 heavy (non-hydrogen) atoms. The van der Waals surface area contributed by atoms with Gasteiger partial charge in [0.15, 0.2) is 0 Å². The van der Waals surface area contributed by atoms with Crippen molar-refractivity contribution in [1.29, 1.82) is 0 Å². The van der Waals surface area contributed by atoms with Crippen molar-refractivity contribution >= 4 is 34.8 Å². The van der Waals surface area contributed by atoms with E-state index in [1.54, 1.807) is 13.2 Å². The molecular weight excluding hydrogens is 307 g/mol. The number of hydrogen-bond acceptors (Lipinski definition) is 2. The van der Waals surface area contributed by atoms with E-state index >= 15 is 0 Å². The molecule has 5 heteroatoms. The molecule has 0 fully saturated rings.